The van der Waals surface area contributed by atoms with Gasteiger partial charge < -0.3 is 9.67 Å². The molecule has 0 saturated heterocycles. The van der Waals surface area contributed by atoms with Gasteiger partial charge in [0.25, 0.3) is 5.91 Å². The average molecular weight is 246 g/mol. The number of carbonyl (C=O) groups is 1. The zero-order valence-corrected chi connectivity index (χ0v) is 10.2. The summed E-state index contributed by atoms with van der Waals surface area (Å²) < 4.78 is 1.71. The van der Waals surface area contributed by atoms with Gasteiger partial charge in [-0.25, -0.2) is 0 Å². The molecule has 0 saturated carbocycles. The first-order valence-corrected chi connectivity index (χ1v) is 5.61. The predicted octanol–water partition coefficient (Wildman–Crippen LogP) is 1.34. The van der Waals surface area contributed by atoms with Crippen molar-refractivity contribution in [1.82, 2.24) is 14.8 Å². The standard InChI is InChI=1S/C12H14N4O2/c1-3-10-14-15-12(16(10)2)13-11(18)8-6-4-5-7-9(8)17/h4-7,17H,3H2,1-2H3,(H,13,15,18). The molecule has 1 aromatic heterocycles. The molecule has 0 aliphatic heterocycles. The minimum Gasteiger partial charge on any atom is -0.507 e. The van der Waals surface area contributed by atoms with Crippen LogP contribution in [0.25, 0.3) is 0 Å². The number of rotatable bonds is 3. The lowest BCUT2D eigenvalue weighted by Gasteiger charge is -2.06. The number of anilines is 1. The van der Waals surface area contributed by atoms with Crippen molar-refractivity contribution in [2.45, 2.75) is 13.3 Å². The summed E-state index contributed by atoms with van der Waals surface area (Å²) in [6, 6.07) is 6.34. The van der Waals surface area contributed by atoms with Crippen LogP contribution in [0.2, 0.25) is 0 Å². The molecule has 1 amide bonds. The topological polar surface area (TPSA) is 80.0 Å². The number of amides is 1. The van der Waals surface area contributed by atoms with Crippen LogP contribution in [0, 0.1) is 0 Å². The molecule has 6 nitrogen and oxygen atoms in total. The van der Waals surface area contributed by atoms with E-state index >= 15 is 0 Å². The second-order valence-corrected chi connectivity index (χ2v) is 3.82. The monoisotopic (exact) mass is 246 g/mol. The van der Waals surface area contributed by atoms with E-state index in [9.17, 15) is 9.90 Å². The van der Waals surface area contributed by atoms with Crippen LogP contribution in [0.5, 0.6) is 5.75 Å². The van der Waals surface area contributed by atoms with E-state index in [4.69, 9.17) is 0 Å². The molecule has 0 aliphatic rings. The van der Waals surface area contributed by atoms with Crippen LogP contribution in [-0.2, 0) is 13.5 Å². The second-order valence-electron chi connectivity index (χ2n) is 3.82. The molecule has 1 aromatic carbocycles. The highest BCUT2D eigenvalue weighted by atomic mass is 16.3. The van der Waals surface area contributed by atoms with Gasteiger partial charge in [0.15, 0.2) is 0 Å². The first-order chi connectivity index (χ1) is 8.63. The first kappa shape index (κ1) is 12.1. The Morgan fingerprint density at radius 3 is 2.72 bits per heavy atom. The lowest BCUT2D eigenvalue weighted by atomic mass is 10.2. The molecule has 0 spiro atoms. The maximum atomic E-state index is 11.9. The quantitative estimate of drug-likeness (QED) is 0.856. The Bertz CT molecular complexity index is 577. The van der Waals surface area contributed by atoms with Gasteiger partial charge in [-0.3, -0.25) is 10.1 Å². The molecule has 2 N–H and O–H groups in total. The molecule has 94 valence electrons. The fourth-order valence-electron chi connectivity index (χ4n) is 1.61. The Morgan fingerprint density at radius 2 is 2.11 bits per heavy atom. The third kappa shape index (κ3) is 2.17. The van der Waals surface area contributed by atoms with Gasteiger partial charge in [-0.05, 0) is 12.1 Å². The van der Waals surface area contributed by atoms with E-state index in [2.05, 4.69) is 15.5 Å². The predicted molar refractivity (Wildman–Crippen MR) is 66.4 cm³/mol. The van der Waals surface area contributed by atoms with Crippen molar-refractivity contribution in [2.24, 2.45) is 7.05 Å². The smallest absolute Gasteiger partial charge is 0.261 e. The fourth-order valence-corrected chi connectivity index (χ4v) is 1.61. The largest absolute Gasteiger partial charge is 0.507 e. The summed E-state index contributed by atoms with van der Waals surface area (Å²) in [5.41, 5.74) is 0.207. The summed E-state index contributed by atoms with van der Waals surface area (Å²) in [6.45, 7) is 1.96. The number of phenolic OH excluding ortho intramolecular Hbond substituents is 1. The zero-order valence-electron chi connectivity index (χ0n) is 10.2. The molecule has 2 aromatic rings. The van der Waals surface area contributed by atoms with Crippen LogP contribution in [0.15, 0.2) is 24.3 Å². The van der Waals surface area contributed by atoms with E-state index in [1.165, 1.54) is 6.07 Å². The first-order valence-electron chi connectivity index (χ1n) is 5.61. The average Bonchev–Trinajstić information content (AvgIpc) is 2.71. The van der Waals surface area contributed by atoms with Crippen LogP contribution in [0.4, 0.5) is 5.95 Å². The molecule has 1 heterocycles. The van der Waals surface area contributed by atoms with Crippen LogP contribution in [0.1, 0.15) is 23.1 Å². The van der Waals surface area contributed by atoms with Crippen LogP contribution in [0.3, 0.4) is 0 Å². The number of aromatic hydroxyl groups is 1. The fraction of sp³-hybridized carbons (Fsp3) is 0.250. The lowest BCUT2D eigenvalue weighted by Crippen LogP contribution is -2.15. The van der Waals surface area contributed by atoms with Crippen molar-refractivity contribution in [3.8, 4) is 5.75 Å². The van der Waals surface area contributed by atoms with Crippen molar-refractivity contribution in [1.29, 1.82) is 0 Å². The summed E-state index contributed by atoms with van der Waals surface area (Å²) in [4.78, 5) is 11.9. The summed E-state index contributed by atoms with van der Waals surface area (Å²) >= 11 is 0. The van der Waals surface area contributed by atoms with Crippen molar-refractivity contribution in [2.75, 3.05) is 5.32 Å². The molecular formula is C12H14N4O2. The highest BCUT2D eigenvalue weighted by molar-refractivity contribution is 6.05. The molecule has 0 aliphatic carbocycles. The van der Waals surface area contributed by atoms with E-state index in [1.807, 2.05) is 6.92 Å². The molecule has 0 fully saturated rings. The lowest BCUT2D eigenvalue weighted by molar-refractivity contribution is 0.102. The number of aromatic nitrogens is 3. The van der Waals surface area contributed by atoms with Crippen molar-refractivity contribution >= 4 is 11.9 Å². The van der Waals surface area contributed by atoms with Gasteiger partial charge in [0, 0.05) is 13.5 Å². The summed E-state index contributed by atoms with van der Waals surface area (Å²) in [5, 5.41) is 20.0. The number of para-hydroxylation sites is 1. The van der Waals surface area contributed by atoms with Gasteiger partial charge in [0.1, 0.15) is 11.6 Å². The third-order valence-corrected chi connectivity index (χ3v) is 2.66. The summed E-state index contributed by atoms with van der Waals surface area (Å²) in [6.07, 6.45) is 0.732. The van der Waals surface area contributed by atoms with Crippen LogP contribution in [-0.4, -0.2) is 25.8 Å². The SMILES string of the molecule is CCc1nnc(NC(=O)c2ccccc2O)n1C. The highest BCUT2D eigenvalue weighted by Crippen LogP contribution is 2.17. The Hall–Kier alpha value is -2.37. The van der Waals surface area contributed by atoms with E-state index in [0.717, 1.165) is 12.2 Å². The summed E-state index contributed by atoms with van der Waals surface area (Å²) in [7, 11) is 1.78. The molecule has 0 unspecified atom stereocenters. The number of hydrogen-bond donors (Lipinski definition) is 2. The van der Waals surface area contributed by atoms with Gasteiger partial charge in [-0.2, -0.15) is 0 Å². The number of nitrogens with zero attached hydrogens (tertiary/aromatic N) is 3. The van der Waals surface area contributed by atoms with E-state index in [1.54, 1.807) is 29.8 Å². The third-order valence-electron chi connectivity index (χ3n) is 2.66. The number of benzene rings is 1. The van der Waals surface area contributed by atoms with Gasteiger partial charge in [0.05, 0.1) is 5.56 Å². The van der Waals surface area contributed by atoms with Gasteiger partial charge in [-0.15, -0.1) is 10.2 Å². The molecule has 0 atom stereocenters. The van der Waals surface area contributed by atoms with E-state index < -0.39 is 5.91 Å². The number of phenols is 1. The van der Waals surface area contributed by atoms with Gasteiger partial charge >= 0.3 is 0 Å². The minimum absolute atomic E-state index is 0.0621. The van der Waals surface area contributed by atoms with E-state index in [-0.39, 0.29) is 11.3 Å². The summed E-state index contributed by atoms with van der Waals surface area (Å²) in [5.74, 6) is 0.668. The maximum absolute atomic E-state index is 11.9. The Morgan fingerprint density at radius 1 is 1.39 bits per heavy atom. The van der Waals surface area contributed by atoms with Crippen LogP contribution < -0.4 is 5.32 Å². The Labute approximate surface area is 104 Å². The Kier molecular flexibility index (Phi) is 3.27. The van der Waals surface area contributed by atoms with Gasteiger partial charge in [0.2, 0.25) is 5.95 Å². The molecule has 6 heteroatoms. The second kappa shape index (κ2) is 4.87. The van der Waals surface area contributed by atoms with Crippen molar-refractivity contribution < 1.29 is 9.90 Å². The zero-order chi connectivity index (χ0) is 13.1. The van der Waals surface area contributed by atoms with Crippen molar-refractivity contribution in [3.63, 3.8) is 0 Å². The molecule has 18 heavy (non-hydrogen) atoms. The molecular weight excluding hydrogens is 232 g/mol. The molecule has 2 rings (SSSR count). The van der Waals surface area contributed by atoms with Crippen molar-refractivity contribution in [3.05, 3.63) is 35.7 Å². The number of nitrogens with one attached hydrogen (secondary N) is 1. The molecule has 0 radical (unpaired) electrons. The number of carbonyl (C=O) groups excluding carboxylic acids is 1. The number of aryl methyl sites for hydroxylation is 1. The van der Waals surface area contributed by atoms with Crippen LogP contribution >= 0.6 is 0 Å². The maximum Gasteiger partial charge on any atom is 0.261 e. The molecule has 0 bridgehead atoms. The minimum atomic E-state index is -0.411. The highest BCUT2D eigenvalue weighted by Gasteiger charge is 2.14. The number of hydrogen-bond acceptors (Lipinski definition) is 4. The van der Waals surface area contributed by atoms with Gasteiger partial charge in [-0.1, -0.05) is 19.1 Å². The Balaban J connectivity index is 2.22. The normalized spacial score (nSPS) is 10.3. The van der Waals surface area contributed by atoms with E-state index in [0.29, 0.717) is 5.95 Å².